The summed E-state index contributed by atoms with van der Waals surface area (Å²) in [6.45, 7) is 10.4. The lowest BCUT2D eigenvalue weighted by Crippen LogP contribution is -2.42. The van der Waals surface area contributed by atoms with Gasteiger partial charge < -0.3 is 5.32 Å². The van der Waals surface area contributed by atoms with E-state index in [9.17, 15) is 0 Å². The molecule has 21 heavy (non-hydrogen) atoms. The van der Waals surface area contributed by atoms with Crippen LogP contribution in [0.25, 0.3) is 0 Å². The van der Waals surface area contributed by atoms with Crippen molar-refractivity contribution in [2.75, 3.05) is 6.54 Å². The van der Waals surface area contributed by atoms with Crippen LogP contribution in [-0.4, -0.2) is 12.1 Å². The fourth-order valence-corrected chi connectivity index (χ4v) is 4.44. The topological polar surface area (TPSA) is 12.0 Å². The highest BCUT2D eigenvalue weighted by atomic mass is 32.1. The van der Waals surface area contributed by atoms with E-state index in [0.717, 1.165) is 17.8 Å². The van der Waals surface area contributed by atoms with Crippen LogP contribution >= 0.6 is 11.3 Å². The van der Waals surface area contributed by atoms with Gasteiger partial charge in [0, 0.05) is 5.54 Å². The minimum Gasteiger partial charge on any atom is -0.312 e. The third-order valence-electron chi connectivity index (χ3n) is 4.92. The molecule has 2 heteroatoms. The first-order chi connectivity index (χ1) is 9.98. The zero-order valence-corrected chi connectivity index (χ0v) is 15.1. The van der Waals surface area contributed by atoms with Gasteiger partial charge in [-0.25, -0.2) is 0 Å². The maximum absolute atomic E-state index is 3.75. The average molecular weight is 308 g/mol. The van der Waals surface area contributed by atoms with Gasteiger partial charge in [-0.05, 0) is 86.7 Å². The van der Waals surface area contributed by atoms with Crippen LogP contribution in [0.3, 0.4) is 0 Å². The zero-order valence-electron chi connectivity index (χ0n) is 14.3. The van der Waals surface area contributed by atoms with E-state index in [1.165, 1.54) is 45.1 Å². The molecule has 1 aliphatic carbocycles. The standard InChI is InChI=1S/C19H33NS/c1-5-6-15-7-8-17(13-20-19(2,3)4)18(11-15)12-16-9-10-21-14-16/h9-10,14-15,17-18,20H,5-8,11-13H2,1-4H3. The van der Waals surface area contributed by atoms with Crippen molar-refractivity contribution in [3.8, 4) is 0 Å². The van der Waals surface area contributed by atoms with Crippen LogP contribution in [-0.2, 0) is 6.42 Å². The highest BCUT2D eigenvalue weighted by Crippen LogP contribution is 2.38. The van der Waals surface area contributed by atoms with Crippen LogP contribution < -0.4 is 5.32 Å². The SMILES string of the molecule is CCCC1CCC(CNC(C)(C)C)C(Cc2ccsc2)C1. The minimum absolute atomic E-state index is 0.243. The molecule has 2 rings (SSSR count). The number of hydrogen-bond acceptors (Lipinski definition) is 2. The van der Waals surface area contributed by atoms with Crippen molar-refractivity contribution < 1.29 is 0 Å². The van der Waals surface area contributed by atoms with E-state index in [-0.39, 0.29) is 5.54 Å². The Morgan fingerprint density at radius 3 is 2.67 bits per heavy atom. The minimum atomic E-state index is 0.243. The molecule has 1 aliphatic rings. The summed E-state index contributed by atoms with van der Waals surface area (Å²) in [4.78, 5) is 0. The van der Waals surface area contributed by atoms with Gasteiger partial charge in [0.25, 0.3) is 0 Å². The summed E-state index contributed by atoms with van der Waals surface area (Å²) in [6, 6.07) is 2.32. The molecule has 3 atom stereocenters. The first kappa shape index (κ1) is 17.0. The van der Waals surface area contributed by atoms with Crippen LogP contribution in [0, 0.1) is 17.8 Å². The van der Waals surface area contributed by atoms with Crippen LogP contribution in [0.2, 0.25) is 0 Å². The monoisotopic (exact) mass is 307 g/mol. The third kappa shape index (κ3) is 5.75. The van der Waals surface area contributed by atoms with Gasteiger partial charge in [-0.1, -0.05) is 26.2 Å². The number of rotatable bonds is 6. The Kier molecular flexibility index (Phi) is 6.31. The lowest BCUT2D eigenvalue weighted by molar-refractivity contribution is 0.159. The molecule has 1 aromatic heterocycles. The Hall–Kier alpha value is -0.340. The summed E-state index contributed by atoms with van der Waals surface area (Å²) >= 11 is 1.84. The van der Waals surface area contributed by atoms with Crippen molar-refractivity contribution in [2.24, 2.45) is 17.8 Å². The largest absolute Gasteiger partial charge is 0.312 e. The molecule has 0 saturated heterocycles. The third-order valence-corrected chi connectivity index (χ3v) is 5.65. The quantitative estimate of drug-likeness (QED) is 0.730. The molecule has 1 saturated carbocycles. The summed E-state index contributed by atoms with van der Waals surface area (Å²) < 4.78 is 0. The molecule has 1 heterocycles. The van der Waals surface area contributed by atoms with Gasteiger partial charge in [-0.2, -0.15) is 11.3 Å². The molecule has 1 N–H and O–H groups in total. The van der Waals surface area contributed by atoms with E-state index in [1.807, 2.05) is 11.3 Å². The Labute approximate surface area is 135 Å². The normalized spacial score (nSPS) is 27.0. The molecule has 0 amide bonds. The molecular weight excluding hydrogens is 274 g/mol. The van der Waals surface area contributed by atoms with Crippen molar-refractivity contribution in [3.63, 3.8) is 0 Å². The predicted molar refractivity (Wildman–Crippen MR) is 95.0 cm³/mol. The zero-order chi connectivity index (χ0) is 15.3. The van der Waals surface area contributed by atoms with Crippen LogP contribution in [0.15, 0.2) is 16.8 Å². The van der Waals surface area contributed by atoms with Gasteiger partial charge >= 0.3 is 0 Å². The molecule has 0 spiro atoms. The Morgan fingerprint density at radius 2 is 2.05 bits per heavy atom. The molecule has 1 nitrogen and oxygen atoms in total. The van der Waals surface area contributed by atoms with Gasteiger partial charge in [0.2, 0.25) is 0 Å². The number of nitrogens with one attached hydrogen (secondary N) is 1. The maximum atomic E-state index is 3.75. The summed E-state index contributed by atoms with van der Waals surface area (Å²) in [5.74, 6) is 2.71. The van der Waals surface area contributed by atoms with Gasteiger partial charge in [0.1, 0.15) is 0 Å². The van der Waals surface area contributed by atoms with Crippen LogP contribution in [0.5, 0.6) is 0 Å². The van der Waals surface area contributed by atoms with E-state index in [2.05, 4.69) is 49.8 Å². The molecule has 1 fully saturated rings. The van der Waals surface area contributed by atoms with Gasteiger partial charge in [-0.15, -0.1) is 0 Å². The summed E-state index contributed by atoms with van der Waals surface area (Å²) in [7, 11) is 0. The van der Waals surface area contributed by atoms with Crippen molar-refractivity contribution in [1.29, 1.82) is 0 Å². The number of thiophene rings is 1. The van der Waals surface area contributed by atoms with Gasteiger partial charge in [0.05, 0.1) is 0 Å². The van der Waals surface area contributed by atoms with Crippen molar-refractivity contribution >= 4 is 11.3 Å². The van der Waals surface area contributed by atoms with Crippen molar-refractivity contribution in [1.82, 2.24) is 5.32 Å². The second-order valence-electron chi connectivity index (χ2n) is 7.95. The Balaban J connectivity index is 1.96. The van der Waals surface area contributed by atoms with Gasteiger partial charge in [0.15, 0.2) is 0 Å². The van der Waals surface area contributed by atoms with E-state index >= 15 is 0 Å². The summed E-state index contributed by atoms with van der Waals surface area (Å²) in [5.41, 5.74) is 1.80. The smallest absolute Gasteiger partial charge is 0.00966 e. The second kappa shape index (κ2) is 7.78. The predicted octanol–water partition coefficient (Wildman–Crippen LogP) is 5.51. The highest BCUT2D eigenvalue weighted by molar-refractivity contribution is 7.07. The van der Waals surface area contributed by atoms with E-state index in [1.54, 1.807) is 5.56 Å². The summed E-state index contributed by atoms with van der Waals surface area (Å²) in [5, 5.41) is 8.32. The van der Waals surface area contributed by atoms with E-state index in [4.69, 9.17) is 0 Å². The van der Waals surface area contributed by atoms with Crippen molar-refractivity contribution in [2.45, 2.75) is 71.8 Å². The lowest BCUT2D eigenvalue weighted by atomic mass is 9.70. The average Bonchev–Trinajstić information content (AvgIpc) is 2.90. The number of hydrogen-bond donors (Lipinski definition) is 1. The lowest BCUT2D eigenvalue weighted by Gasteiger charge is -2.38. The molecule has 0 aliphatic heterocycles. The molecule has 1 aromatic rings. The first-order valence-electron chi connectivity index (χ1n) is 8.74. The van der Waals surface area contributed by atoms with E-state index in [0.29, 0.717) is 0 Å². The molecule has 3 unspecified atom stereocenters. The van der Waals surface area contributed by atoms with Crippen molar-refractivity contribution in [3.05, 3.63) is 22.4 Å². The van der Waals surface area contributed by atoms with Crippen LogP contribution in [0.1, 0.15) is 65.4 Å². The fraction of sp³-hybridized carbons (Fsp3) is 0.789. The van der Waals surface area contributed by atoms with Gasteiger partial charge in [-0.3, -0.25) is 0 Å². The highest BCUT2D eigenvalue weighted by Gasteiger charge is 2.30. The Bertz CT molecular complexity index is 390. The molecular formula is C19H33NS. The summed E-state index contributed by atoms with van der Waals surface area (Å²) in [6.07, 6.45) is 8.38. The fourth-order valence-electron chi connectivity index (χ4n) is 3.76. The second-order valence-corrected chi connectivity index (χ2v) is 8.73. The van der Waals surface area contributed by atoms with E-state index < -0.39 is 0 Å². The molecule has 0 bridgehead atoms. The Morgan fingerprint density at radius 1 is 1.24 bits per heavy atom. The maximum Gasteiger partial charge on any atom is 0.00966 e. The molecule has 0 radical (unpaired) electrons. The molecule has 120 valence electrons. The molecule has 0 aromatic carbocycles. The van der Waals surface area contributed by atoms with Crippen LogP contribution in [0.4, 0.5) is 0 Å². The first-order valence-corrected chi connectivity index (χ1v) is 9.68.